The predicted octanol–water partition coefficient (Wildman–Crippen LogP) is 2.51. The number of nitrogen functional groups attached to an aromatic ring is 1. The third-order valence-electron chi connectivity index (χ3n) is 3.57. The number of aromatic nitrogens is 2. The first kappa shape index (κ1) is 14.3. The molecule has 0 bridgehead atoms. The van der Waals surface area contributed by atoms with Gasteiger partial charge in [0.2, 0.25) is 5.95 Å². The zero-order chi connectivity index (χ0) is 14.7. The molecule has 2 heterocycles. The molecule has 1 atom stereocenters. The van der Waals surface area contributed by atoms with E-state index >= 15 is 0 Å². The zero-order valence-electron chi connectivity index (χ0n) is 11.7. The molecule has 0 aliphatic carbocycles. The molecule has 21 heavy (non-hydrogen) atoms. The Bertz CT molecular complexity index is 584. The maximum atomic E-state index is 5.73. The SMILES string of the molecule is Nc1cc(Br)nc(NC2CCN(Cc3ccccc3)C2)n1. The van der Waals surface area contributed by atoms with Gasteiger partial charge in [-0.15, -0.1) is 0 Å². The number of nitrogens with two attached hydrogens (primary N) is 1. The van der Waals surface area contributed by atoms with E-state index in [2.05, 4.69) is 60.4 Å². The fourth-order valence-corrected chi connectivity index (χ4v) is 3.02. The topological polar surface area (TPSA) is 67.1 Å². The molecule has 6 heteroatoms. The molecule has 1 aliphatic heterocycles. The number of halogens is 1. The van der Waals surface area contributed by atoms with Gasteiger partial charge in [0.15, 0.2) is 0 Å². The van der Waals surface area contributed by atoms with E-state index in [9.17, 15) is 0 Å². The Balaban J connectivity index is 1.57. The third kappa shape index (κ3) is 3.92. The van der Waals surface area contributed by atoms with Crippen LogP contribution in [0, 0.1) is 0 Å². The summed E-state index contributed by atoms with van der Waals surface area (Å²) in [6, 6.07) is 12.6. The minimum Gasteiger partial charge on any atom is -0.383 e. The standard InChI is InChI=1S/C15H18BrN5/c16-13-8-14(17)20-15(19-13)18-12-6-7-21(10-12)9-11-4-2-1-3-5-11/h1-5,8,12H,6-7,9-10H2,(H3,17,18,19,20). The largest absolute Gasteiger partial charge is 0.383 e. The lowest BCUT2D eigenvalue weighted by Gasteiger charge is -2.17. The number of anilines is 2. The van der Waals surface area contributed by atoms with Crippen LogP contribution in [0.4, 0.5) is 11.8 Å². The summed E-state index contributed by atoms with van der Waals surface area (Å²) in [5.41, 5.74) is 7.08. The van der Waals surface area contributed by atoms with Crippen molar-refractivity contribution in [3.05, 3.63) is 46.6 Å². The third-order valence-corrected chi connectivity index (χ3v) is 3.98. The van der Waals surface area contributed by atoms with Gasteiger partial charge in [-0.3, -0.25) is 4.90 Å². The molecule has 0 saturated carbocycles. The summed E-state index contributed by atoms with van der Waals surface area (Å²) in [5.74, 6) is 1.06. The van der Waals surface area contributed by atoms with E-state index in [1.807, 2.05) is 6.07 Å². The number of nitrogens with zero attached hydrogens (tertiary/aromatic N) is 3. The predicted molar refractivity (Wildman–Crippen MR) is 87.9 cm³/mol. The van der Waals surface area contributed by atoms with E-state index in [-0.39, 0.29) is 0 Å². The Hall–Kier alpha value is -1.66. The van der Waals surface area contributed by atoms with Gasteiger partial charge in [0.25, 0.3) is 0 Å². The van der Waals surface area contributed by atoms with Gasteiger partial charge >= 0.3 is 0 Å². The quantitative estimate of drug-likeness (QED) is 0.831. The highest BCUT2D eigenvalue weighted by molar-refractivity contribution is 9.10. The summed E-state index contributed by atoms with van der Waals surface area (Å²) in [7, 11) is 0. The highest BCUT2D eigenvalue weighted by Gasteiger charge is 2.23. The Kier molecular flexibility index (Phi) is 4.36. The number of likely N-dealkylation sites (tertiary alicyclic amines) is 1. The Morgan fingerprint density at radius 3 is 2.86 bits per heavy atom. The Morgan fingerprint density at radius 2 is 2.10 bits per heavy atom. The Morgan fingerprint density at radius 1 is 1.29 bits per heavy atom. The lowest BCUT2D eigenvalue weighted by atomic mass is 10.2. The highest BCUT2D eigenvalue weighted by Crippen LogP contribution is 2.18. The smallest absolute Gasteiger partial charge is 0.225 e. The lowest BCUT2D eigenvalue weighted by Crippen LogP contribution is -2.26. The first-order valence-electron chi connectivity index (χ1n) is 7.02. The summed E-state index contributed by atoms with van der Waals surface area (Å²) in [4.78, 5) is 11.0. The average molecular weight is 348 g/mol. The molecule has 1 aromatic carbocycles. The van der Waals surface area contributed by atoms with Gasteiger partial charge in [-0.1, -0.05) is 30.3 Å². The maximum Gasteiger partial charge on any atom is 0.225 e. The maximum absolute atomic E-state index is 5.73. The molecular weight excluding hydrogens is 330 g/mol. The number of benzene rings is 1. The minimum absolute atomic E-state index is 0.363. The van der Waals surface area contributed by atoms with E-state index in [1.54, 1.807) is 6.07 Å². The molecule has 3 N–H and O–H groups in total. The van der Waals surface area contributed by atoms with Crippen molar-refractivity contribution < 1.29 is 0 Å². The molecular formula is C15H18BrN5. The van der Waals surface area contributed by atoms with Gasteiger partial charge in [-0.05, 0) is 27.9 Å². The van der Waals surface area contributed by atoms with Crippen molar-refractivity contribution in [2.24, 2.45) is 0 Å². The number of nitrogens with one attached hydrogen (secondary N) is 1. The van der Waals surface area contributed by atoms with Gasteiger partial charge < -0.3 is 11.1 Å². The van der Waals surface area contributed by atoms with Gasteiger partial charge in [-0.25, -0.2) is 4.98 Å². The van der Waals surface area contributed by atoms with Crippen molar-refractivity contribution in [2.45, 2.75) is 19.0 Å². The van der Waals surface area contributed by atoms with Crippen molar-refractivity contribution in [3.63, 3.8) is 0 Å². The normalized spacial score (nSPS) is 18.8. The van der Waals surface area contributed by atoms with Crippen LogP contribution in [-0.4, -0.2) is 34.0 Å². The molecule has 5 nitrogen and oxygen atoms in total. The van der Waals surface area contributed by atoms with Crippen molar-refractivity contribution in [1.82, 2.24) is 14.9 Å². The van der Waals surface area contributed by atoms with E-state index in [0.717, 1.165) is 26.1 Å². The van der Waals surface area contributed by atoms with Crippen LogP contribution < -0.4 is 11.1 Å². The Labute approximate surface area is 132 Å². The molecule has 1 saturated heterocycles. The second-order valence-corrected chi connectivity index (χ2v) is 6.10. The van der Waals surface area contributed by atoms with Crippen LogP contribution in [0.15, 0.2) is 41.0 Å². The second-order valence-electron chi connectivity index (χ2n) is 5.29. The molecule has 0 spiro atoms. The average Bonchev–Trinajstić information content (AvgIpc) is 2.86. The van der Waals surface area contributed by atoms with Crippen LogP contribution in [0.1, 0.15) is 12.0 Å². The molecule has 0 amide bonds. The van der Waals surface area contributed by atoms with E-state index < -0.39 is 0 Å². The van der Waals surface area contributed by atoms with Gasteiger partial charge in [0.1, 0.15) is 10.4 Å². The summed E-state index contributed by atoms with van der Waals surface area (Å²) in [5, 5.41) is 3.36. The highest BCUT2D eigenvalue weighted by atomic mass is 79.9. The van der Waals surface area contributed by atoms with E-state index in [0.29, 0.717) is 22.4 Å². The minimum atomic E-state index is 0.363. The molecule has 110 valence electrons. The van der Waals surface area contributed by atoms with Crippen molar-refractivity contribution in [2.75, 3.05) is 24.1 Å². The molecule has 0 radical (unpaired) electrons. The summed E-state index contributed by atoms with van der Waals surface area (Å²) in [6.07, 6.45) is 1.09. The molecule has 1 aliphatic rings. The fourth-order valence-electron chi connectivity index (χ4n) is 2.62. The van der Waals surface area contributed by atoms with Crippen LogP contribution in [-0.2, 0) is 6.54 Å². The van der Waals surface area contributed by atoms with Gasteiger partial charge in [-0.2, -0.15) is 4.98 Å². The first-order valence-corrected chi connectivity index (χ1v) is 7.81. The summed E-state index contributed by atoms with van der Waals surface area (Å²) >= 11 is 3.34. The number of hydrogen-bond donors (Lipinski definition) is 2. The number of hydrogen-bond acceptors (Lipinski definition) is 5. The monoisotopic (exact) mass is 347 g/mol. The summed E-state index contributed by atoms with van der Waals surface area (Å²) < 4.78 is 0.705. The second kappa shape index (κ2) is 6.41. The van der Waals surface area contributed by atoms with Crippen molar-refractivity contribution >= 4 is 27.7 Å². The van der Waals surface area contributed by atoms with Gasteiger partial charge in [0.05, 0.1) is 0 Å². The van der Waals surface area contributed by atoms with Crippen LogP contribution in [0.5, 0.6) is 0 Å². The van der Waals surface area contributed by atoms with Crippen LogP contribution >= 0.6 is 15.9 Å². The van der Waals surface area contributed by atoms with Crippen LogP contribution in [0.3, 0.4) is 0 Å². The van der Waals surface area contributed by atoms with Gasteiger partial charge in [0, 0.05) is 31.7 Å². The summed E-state index contributed by atoms with van der Waals surface area (Å²) in [6.45, 7) is 3.06. The fraction of sp³-hybridized carbons (Fsp3) is 0.333. The molecule has 3 rings (SSSR count). The van der Waals surface area contributed by atoms with Crippen molar-refractivity contribution in [3.8, 4) is 0 Å². The van der Waals surface area contributed by atoms with E-state index in [4.69, 9.17) is 5.73 Å². The van der Waals surface area contributed by atoms with Crippen molar-refractivity contribution in [1.29, 1.82) is 0 Å². The molecule has 1 unspecified atom stereocenters. The number of rotatable bonds is 4. The van der Waals surface area contributed by atoms with Crippen LogP contribution in [0.25, 0.3) is 0 Å². The zero-order valence-corrected chi connectivity index (χ0v) is 13.3. The molecule has 2 aromatic rings. The molecule has 1 aromatic heterocycles. The lowest BCUT2D eigenvalue weighted by molar-refractivity contribution is 0.328. The van der Waals surface area contributed by atoms with Crippen LogP contribution in [0.2, 0.25) is 0 Å². The molecule has 1 fully saturated rings. The first-order chi connectivity index (χ1) is 10.2. The van der Waals surface area contributed by atoms with E-state index in [1.165, 1.54) is 5.56 Å².